The van der Waals surface area contributed by atoms with Gasteiger partial charge in [0.2, 0.25) is 0 Å². The molecule has 0 radical (unpaired) electrons. The van der Waals surface area contributed by atoms with E-state index >= 15 is 0 Å². The molecule has 0 aliphatic rings. The van der Waals surface area contributed by atoms with Gasteiger partial charge in [0, 0.05) is 6.42 Å². The fourth-order valence-corrected chi connectivity index (χ4v) is 1.43. The third kappa shape index (κ3) is 4.20. The third-order valence-corrected chi connectivity index (χ3v) is 2.34. The van der Waals surface area contributed by atoms with Crippen LogP contribution in [0.25, 0.3) is 0 Å². The minimum atomic E-state index is -0.476. The van der Waals surface area contributed by atoms with Crippen LogP contribution < -0.4 is 4.74 Å². The van der Waals surface area contributed by atoms with Crippen LogP contribution in [0.15, 0.2) is 24.3 Å². The van der Waals surface area contributed by atoms with Gasteiger partial charge in [0.15, 0.2) is 0 Å². The van der Waals surface area contributed by atoms with Crippen LogP contribution in [-0.4, -0.2) is 18.5 Å². The molecule has 1 rings (SSSR count). The number of hydrogen-bond acceptors (Lipinski definition) is 4. The lowest BCUT2D eigenvalue weighted by Gasteiger charge is -2.08. The van der Waals surface area contributed by atoms with Gasteiger partial charge in [-0.2, -0.15) is 0 Å². The molecule has 0 N–H and O–H groups in total. The number of unbranched alkanes of at least 4 members (excludes halogenated alkanes) is 1. The van der Waals surface area contributed by atoms with Gasteiger partial charge in [-0.25, -0.2) is 4.79 Å². The molecule has 4 nitrogen and oxygen atoms in total. The minimum Gasteiger partial charge on any atom is -0.462 e. The predicted octanol–water partition coefficient (Wildman–Crippen LogP) is 2.96. The van der Waals surface area contributed by atoms with Gasteiger partial charge in [0.05, 0.1) is 6.61 Å². The maximum atomic E-state index is 11.6. The summed E-state index contributed by atoms with van der Waals surface area (Å²) in [6.45, 7) is 4.02. The Bertz CT molecular complexity index is 412. The molecule has 0 aliphatic carbocycles. The minimum absolute atomic E-state index is 0.261. The van der Waals surface area contributed by atoms with E-state index in [0.29, 0.717) is 6.42 Å². The number of carbonyl (C=O) groups excluding carboxylic acids is 2. The maximum Gasteiger partial charge on any atom is 0.341 e. The molecule has 4 heteroatoms. The van der Waals surface area contributed by atoms with E-state index in [-0.39, 0.29) is 23.9 Å². The lowest BCUT2D eigenvalue weighted by atomic mass is 10.2. The summed E-state index contributed by atoms with van der Waals surface area (Å²) in [6.07, 6.45) is 2.06. The average Bonchev–Trinajstić information content (AvgIpc) is 2.37. The zero-order chi connectivity index (χ0) is 13.4. The molecule has 0 heterocycles. The fourth-order valence-electron chi connectivity index (χ4n) is 1.43. The predicted molar refractivity (Wildman–Crippen MR) is 67.6 cm³/mol. The Morgan fingerprint density at radius 1 is 1.17 bits per heavy atom. The van der Waals surface area contributed by atoms with Crippen molar-refractivity contribution in [2.24, 2.45) is 0 Å². The van der Waals surface area contributed by atoms with E-state index < -0.39 is 5.97 Å². The highest BCUT2D eigenvalue weighted by molar-refractivity contribution is 5.93. The standard InChI is InChI=1S/C14H18O4/c1-3-5-10-13(15)18-12-9-7-6-8-11(12)14(16)17-4-2/h6-9H,3-5,10H2,1-2H3. The van der Waals surface area contributed by atoms with Gasteiger partial charge in [0.1, 0.15) is 11.3 Å². The van der Waals surface area contributed by atoms with Crippen LogP contribution in [0.3, 0.4) is 0 Å². The Morgan fingerprint density at radius 3 is 2.56 bits per heavy atom. The smallest absolute Gasteiger partial charge is 0.341 e. The van der Waals surface area contributed by atoms with Crippen molar-refractivity contribution in [2.45, 2.75) is 33.1 Å². The van der Waals surface area contributed by atoms with Crippen molar-refractivity contribution in [3.63, 3.8) is 0 Å². The highest BCUT2D eigenvalue weighted by atomic mass is 16.5. The van der Waals surface area contributed by atoms with Crippen molar-refractivity contribution >= 4 is 11.9 Å². The molecule has 0 fully saturated rings. The van der Waals surface area contributed by atoms with Crippen molar-refractivity contribution in [2.75, 3.05) is 6.61 Å². The zero-order valence-corrected chi connectivity index (χ0v) is 10.8. The second kappa shape index (κ2) is 7.48. The molecule has 0 atom stereocenters. The van der Waals surface area contributed by atoms with E-state index in [1.807, 2.05) is 6.92 Å². The molecule has 1 aromatic rings. The summed E-state index contributed by atoms with van der Waals surface area (Å²) in [5.41, 5.74) is 0.282. The zero-order valence-electron chi connectivity index (χ0n) is 10.8. The van der Waals surface area contributed by atoms with Crippen LogP contribution in [0, 0.1) is 0 Å². The molecule has 1 aromatic carbocycles. The molecule has 18 heavy (non-hydrogen) atoms. The van der Waals surface area contributed by atoms with Gasteiger partial charge in [-0.05, 0) is 25.5 Å². The average molecular weight is 250 g/mol. The van der Waals surface area contributed by atoms with Gasteiger partial charge in [-0.15, -0.1) is 0 Å². The van der Waals surface area contributed by atoms with Crippen LogP contribution in [0.1, 0.15) is 43.5 Å². The first-order valence-corrected chi connectivity index (χ1v) is 6.15. The first kappa shape index (κ1) is 14.2. The monoisotopic (exact) mass is 250 g/mol. The van der Waals surface area contributed by atoms with E-state index in [9.17, 15) is 9.59 Å². The van der Waals surface area contributed by atoms with Crippen LogP contribution in [0.2, 0.25) is 0 Å². The van der Waals surface area contributed by atoms with Gasteiger partial charge in [-0.1, -0.05) is 25.5 Å². The van der Waals surface area contributed by atoms with E-state index in [2.05, 4.69) is 0 Å². The van der Waals surface area contributed by atoms with Gasteiger partial charge >= 0.3 is 11.9 Å². The van der Waals surface area contributed by atoms with Gasteiger partial charge in [-0.3, -0.25) is 4.79 Å². The quantitative estimate of drug-likeness (QED) is 0.575. The topological polar surface area (TPSA) is 52.6 Å². The summed E-state index contributed by atoms with van der Waals surface area (Å²) in [6, 6.07) is 6.59. The van der Waals surface area contributed by atoms with Crippen molar-refractivity contribution in [3.05, 3.63) is 29.8 Å². The first-order chi connectivity index (χ1) is 8.69. The highest BCUT2D eigenvalue weighted by Crippen LogP contribution is 2.19. The normalized spacial score (nSPS) is 9.89. The van der Waals surface area contributed by atoms with E-state index in [4.69, 9.17) is 9.47 Å². The van der Waals surface area contributed by atoms with E-state index in [0.717, 1.165) is 12.8 Å². The molecule has 0 aromatic heterocycles. The lowest BCUT2D eigenvalue weighted by Crippen LogP contribution is -2.12. The molecule has 0 saturated heterocycles. The number of ether oxygens (including phenoxy) is 2. The summed E-state index contributed by atoms with van der Waals surface area (Å²) in [7, 11) is 0. The number of rotatable bonds is 6. The van der Waals surface area contributed by atoms with Crippen LogP contribution in [-0.2, 0) is 9.53 Å². The van der Waals surface area contributed by atoms with Crippen LogP contribution in [0.4, 0.5) is 0 Å². The Balaban J connectivity index is 2.76. The fraction of sp³-hybridized carbons (Fsp3) is 0.429. The third-order valence-electron chi connectivity index (χ3n) is 2.34. The van der Waals surface area contributed by atoms with Crippen LogP contribution >= 0.6 is 0 Å². The molecule has 0 unspecified atom stereocenters. The molecule has 0 aliphatic heterocycles. The lowest BCUT2D eigenvalue weighted by molar-refractivity contribution is -0.134. The molecular formula is C14H18O4. The summed E-state index contributed by atoms with van der Waals surface area (Å²) >= 11 is 0. The molecule has 0 amide bonds. The molecule has 0 saturated carbocycles. The van der Waals surface area contributed by atoms with E-state index in [1.165, 1.54) is 0 Å². The number of para-hydroxylation sites is 1. The molecule has 0 spiro atoms. The number of carbonyl (C=O) groups is 2. The Hall–Kier alpha value is -1.84. The first-order valence-electron chi connectivity index (χ1n) is 6.15. The van der Waals surface area contributed by atoms with Crippen molar-refractivity contribution < 1.29 is 19.1 Å². The summed E-state index contributed by atoms with van der Waals surface area (Å²) < 4.78 is 10.1. The molecular weight excluding hydrogens is 232 g/mol. The second-order valence-corrected chi connectivity index (χ2v) is 3.79. The Morgan fingerprint density at radius 2 is 1.89 bits per heavy atom. The second-order valence-electron chi connectivity index (χ2n) is 3.79. The highest BCUT2D eigenvalue weighted by Gasteiger charge is 2.15. The SMILES string of the molecule is CCCCC(=O)Oc1ccccc1C(=O)OCC. The summed E-state index contributed by atoms with van der Waals surface area (Å²) in [5.74, 6) is -0.540. The largest absolute Gasteiger partial charge is 0.462 e. The number of hydrogen-bond donors (Lipinski definition) is 0. The van der Waals surface area contributed by atoms with Crippen molar-refractivity contribution in [1.82, 2.24) is 0 Å². The van der Waals surface area contributed by atoms with Crippen molar-refractivity contribution in [3.8, 4) is 5.75 Å². The number of esters is 2. The molecule has 0 bridgehead atoms. The van der Waals surface area contributed by atoms with E-state index in [1.54, 1.807) is 31.2 Å². The summed E-state index contributed by atoms with van der Waals surface area (Å²) in [5, 5.41) is 0. The maximum absolute atomic E-state index is 11.6. The Labute approximate surface area is 107 Å². The van der Waals surface area contributed by atoms with Crippen LogP contribution in [0.5, 0.6) is 5.75 Å². The van der Waals surface area contributed by atoms with Gasteiger partial charge < -0.3 is 9.47 Å². The number of benzene rings is 1. The molecule has 98 valence electrons. The summed E-state index contributed by atoms with van der Waals surface area (Å²) in [4.78, 5) is 23.2. The van der Waals surface area contributed by atoms with Crippen molar-refractivity contribution in [1.29, 1.82) is 0 Å². The Kier molecular flexibility index (Phi) is 5.91. The van der Waals surface area contributed by atoms with Gasteiger partial charge in [0.25, 0.3) is 0 Å².